The van der Waals surface area contributed by atoms with E-state index < -0.39 is 31.4 Å². The Balaban J connectivity index is 2.75. The van der Waals surface area contributed by atoms with Crippen LogP contribution in [0.15, 0.2) is 30.3 Å². The lowest BCUT2D eigenvalue weighted by Crippen LogP contribution is -2.37. The molecule has 1 aromatic carbocycles. The van der Waals surface area contributed by atoms with Crippen LogP contribution in [0.4, 0.5) is 4.79 Å². The number of carbonyl (C=O) groups is 2. The third-order valence-electron chi connectivity index (χ3n) is 3.33. The van der Waals surface area contributed by atoms with Gasteiger partial charge in [-0.05, 0) is 17.9 Å². The number of hydrogen-bond donors (Lipinski definition) is 2. The summed E-state index contributed by atoms with van der Waals surface area (Å²) in [6.45, 7) is 3.83. The number of rotatable bonds is 9. The molecule has 0 fully saturated rings. The molecule has 24 heavy (non-hydrogen) atoms. The van der Waals surface area contributed by atoms with E-state index in [1.54, 1.807) is 0 Å². The molecule has 8 heteroatoms. The third-order valence-corrected chi connectivity index (χ3v) is 5.95. The van der Waals surface area contributed by atoms with Gasteiger partial charge in [-0.2, -0.15) is 0 Å². The predicted molar refractivity (Wildman–Crippen MR) is 90.1 cm³/mol. The summed E-state index contributed by atoms with van der Waals surface area (Å²) >= 11 is 0. The number of amides is 1. The van der Waals surface area contributed by atoms with Crippen molar-refractivity contribution in [3.8, 4) is 0 Å². The number of nitrogens with one attached hydrogen (secondary N) is 1. The Labute approximate surface area is 141 Å². The molecule has 0 saturated carbocycles. The molecule has 2 unspecified atom stereocenters. The smallest absolute Gasteiger partial charge is 0.408 e. The van der Waals surface area contributed by atoms with Crippen LogP contribution in [-0.2, 0) is 25.2 Å². The second-order valence-electron chi connectivity index (χ2n) is 5.81. The zero-order chi connectivity index (χ0) is 18.2. The maximum absolute atomic E-state index is 12.8. The third kappa shape index (κ3) is 6.72. The average Bonchev–Trinajstić information content (AvgIpc) is 2.52. The van der Waals surface area contributed by atoms with E-state index in [2.05, 4.69) is 5.32 Å². The van der Waals surface area contributed by atoms with Crippen LogP contribution in [-0.4, -0.2) is 36.2 Å². The summed E-state index contributed by atoms with van der Waals surface area (Å²) in [5.74, 6) is -2.07. The minimum absolute atomic E-state index is 0.0668. The maximum Gasteiger partial charge on any atom is 0.408 e. The standard InChI is InChI=1S/C16H24NO6P/c1-12(2)9-14(24(21,22-3)11-15(18)19)17-16(20)23-10-13-7-5-4-6-8-13/h4-8,12,14H,9-11H2,1-3H3,(H,17,20)(H,18,19). The molecule has 7 nitrogen and oxygen atoms in total. The molecular weight excluding hydrogens is 333 g/mol. The molecule has 0 aromatic heterocycles. The molecule has 1 aromatic rings. The average molecular weight is 357 g/mol. The van der Waals surface area contributed by atoms with Gasteiger partial charge in [0.1, 0.15) is 18.6 Å². The Kier molecular flexibility index (Phi) is 7.95. The molecule has 0 heterocycles. The van der Waals surface area contributed by atoms with Crippen molar-refractivity contribution < 1.29 is 28.5 Å². The highest BCUT2D eigenvalue weighted by atomic mass is 31.2. The summed E-state index contributed by atoms with van der Waals surface area (Å²) < 4.78 is 22.9. The zero-order valence-corrected chi connectivity index (χ0v) is 15.0. The van der Waals surface area contributed by atoms with E-state index in [0.717, 1.165) is 5.56 Å². The molecule has 0 aliphatic rings. The van der Waals surface area contributed by atoms with Gasteiger partial charge in [-0.1, -0.05) is 44.2 Å². The highest BCUT2D eigenvalue weighted by molar-refractivity contribution is 7.60. The number of benzene rings is 1. The van der Waals surface area contributed by atoms with Crippen molar-refractivity contribution >= 4 is 19.4 Å². The summed E-state index contributed by atoms with van der Waals surface area (Å²) in [7, 11) is -2.39. The molecule has 2 N–H and O–H groups in total. The van der Waals surface area contributed by atoms with Crippen molar-refractivity contribution in [2.45, 2.75) is 32.7 Å². The van der Waals surface area contributed by atoms with Gasteiger partial charge < -0.3 is 19.7 Å². The van der Waals surface area contributed by atoms with Gasteiger partial charge in [0.15, 0.2) is 0 Å². The fraction of sp³-hybridized carbons (Fsp3) is 0.500. The molecule has 0 aliphatic heterocycles. The first-order valence-electron chi connectivity index (χ1n) is 7.60. The van der Waals surface area contributed by atoms with Crippen molar-refractivity contribution in [2.24, 2.45) is 5.92 Å². The molecule has 1 rings (SSSR count). The SMILES string of the molecule is COP(=O)(CC(=O)O)C(CC(C)C)NC(=O)OCc1ccccc1. The van der Waals surface area contributed by atoms with Gasteiger partial charge in [-0.25, -0.2) is 4.79 Å². The van der Waals surface area contributed by atoms with Crippen molar-refractivity contribution in [3.05, 3.63) is 35.9 Å². The summed E-state index contributed by atoms with van der Waals surface area (Å²) in [5, 5.41) is 11.5. The quantitative estimate of drug-likeness (QED) is 0.658. The minimum atomic E-state index is -3.58. The lowest BCUT2D eigenvalue weighted by Gasteiger charge is -2.27. The lowest BCUT2D eigenvalue weighted by molar-refractivity contribution is -0.134. The van der Waals surface area contributed by atoms with Gasteiger partial charge in [-0.3, -0.25) is 9.36 Å². The number of hydrogen-bond acceptors (Lipinski definition) is 5. The fourth-order valence-electron chi connectivity index (χ4n) is 2.16. The van der Waals surface area contributed by atoms with Crippen LogP contribution in [0.3, 0.4) is 0 Å². The van der Waals surface area contributed by atoms with E-state index in [-0.39, 0.29) is 12.5 Å². The van der Waals surface area contributed by atoms with Crippen LogP contribution < -0.4 is 5.32 Å². The second kappa shape index (κ2) is 9.45. The number of carboxylic acids is 1. The van der Waals surface area contributed by atoms with Crippen LogP contribution in [0.25, 0.3) is 0 Å². The molecule has 134 valence electrons. The summed E-state index contributed by atoms with van der Waals surface area (Å²) in [5.41, 5.74) is 0.813. The van der Waals surface area contributed by atoms with Crippen LogP contribution in [0.2, 0.25) is 0 Å². The van der Waals surface area contributed by atoms with Gasteiger partial charge in [0.25, 0.3) is 0 Å². The second-order valence-corrected chi connectivity index (χ2v) is 8.57. The topological polar surface area (TPSA) is 102 Å². The van der Waals surface area contributed by atoms with Gasteiger partial charge in [0.05, 0.1) is 0 Å². The van der Waals surface area contributed by atoms with Crippen molar-refractivity contribution in [2.75, 3.05) is 13.3 Å². The Hall–Kier alpha value is -1.85. The van der Waals surface area contributed by atoms with Gasteiger partial charge in [-0.15, -0.1) is 0 Å². The number of carbonyl (C=O) groups excluding carboxylic acids is 1. The fourth-order valence-corrected chi connectivity index (χ4v) is 4.18. The highest BCUT2D eigenvalue weighted by Gasteiger charge is 2.37. The largest absolute Gasteiger partial charge is 0.481 e. The maximum atomic E-state index is 12.8. The van der Waals surface area contributed by atoms with E-state index in [9.17, 15) is 14.2 Å². The number of alkyl carbamates (subject to hydrolysis) is 1. The molecule has 2 atom stereocenters. The van der Waals surface area contributed by atoms with Crippen molar-refractivity contribution in [1.82, 2.24) is 5.32 Å². The summed E-state index contributed by atoms with van der Waals surface area (Å²) in [6, 6.07) is 9.12. The first-order chi connectivity index (χ1) is 11.3. The molecule has 0 bridgehead atoms. The van der Waals surface area contributed by atoms with Gasteiger partial charge in [0.2, 0.25) is 7.37 Å². The monoisotopic (exact) mass is 357 g/mol. The zero-order valence-electron chi connectivity index (χ0n) is 14.1. The number of carboxylic acid groups (broad SMARTS) is 1. The normalized spacial score (nSPS) is 14.7. The molecule has 1 amide bonds. The molecule has 0 aliphatic carbocycles. The molecule has 0 saturated heterocycles. The Morgan fingerprint density at radius 3 is 2.38 bits per heavy atom. The van der Waals surface area contributed by atoms with Gasteiger partial charge in [0, 0.05) is 7.11 Å². The lowest BCUT2D eigenvalue weighted by atomic mass is 10.1. The van der Waals surface area contributed by atoms with E-state index in [1.165, 1.54) is 7.11 Å². The number of aliphatic carboxylic acids is 1. The van der Waals surface area contributed by atoms with E-state index >= 15 is 0 Å². The Morgan fingerprint density at radius 2 is 1.88 bits per heavy atom. The summed E-state index contributed by atoms with van der Waals surface area (Å²) in [4.78, 5) is 23.0. The van der Waals surface area contributed by atoms with Crippen LogP contribution >= 0.6 is 7.37 Å². The van der Waals surface area contributed by atoms with Crippen LogP contribution in [0, 0.1) is 5.92 Å². The predicted octanol–water partition coefficient (Wildman–Crippen LogP) is 3.29. The van der Waals surface area contributed by atoms with E-state index in [4.69, 9.17) is 14.4 Å². The molecule has 0 radical (unpaired) electrons. The van der Waals surface area contributed by atoms with Crippen molar-refractivity contribution in [1.29, 1.82) is 0 Å². The van der Waals surface area contributed by atoms with E-state index in [0.29, 0.717) is 6.42 Å². The Bertz CT molecular complexity index is 589. The minimum Gasteiger partial charge on any atom is -0.481 e. The summed E-state index contributed by atoms with van der Waals surface area (Å²) in [6.07, 6.45) is -1.09. The first-order valence-corrected chi connectivity index (χ1v) is 9.48. The number of ether oxygens (including phenoxy) is 1. The van der Waals surface area contributed by atoms with Crippen LogP contribution in [0.5, 0.6) is 0 Å². The van der Waals surface area contributed by atoms with Gasteiger partial charge >= 0.3 is 12.1 Å². The first kappa shape index (κ1) is 20.2. The van der Waals surface area contributed by atoms with Crippen LogP contribution in [0.1, 0.15) is 25.8 Å². The highest BCUT2D eigenvalue weighted by Crippen LogP contribution is 2.51. The molecular formula is C16H24NO6P. The van der Waals surface area contributed by atoms with E-state index in [1.807, 2.05) is 44.2 Å². The molecule has 0 spiro atoms. The van der Waals surface area contributed by atoms with Crippen molar-refractivity contribution in [3.63, 3.8) is 0 Å². The Morgan fingerprint density at radius 1 is 1.25 bits per heavy atom.